The minimum Gasteiger partial charge on any atom is -0.465 e. The molecule has 0 unspecified atom stereocenters. The lowest BCUT2D eigenvalue weighted by Crippen LogP contribution is -2.35. The number of hydrogen-bond donors (Lipinski definition) is 1. The lowest BCUT2D eigenvalue weighted by atomic mass is 10.3. The van der Waals surface area contributed by atoms with Gasteiger partial charge in [-0.05, 0) is 11.1 Å². The Morgan fingerprint density at radius 2 is 2.13 bits per heavy atom. The third kappa shape index (κ3) is 2.63. The minimum atomic E-state index is -1.48. The fourth-order valence-corrected chi connectivity index (χ4v) is 4.07. The summed E-state index contributed by atoms with van der Waals surface area (Å²) in [5, 5.41) is 12.6. The Balaban J connectivity index is 2.85. The summed E-state index contributed by atoms with van der Waals surface area (Å²) < 4.78 is 0. The van der Waals surface area contributed by atoms with Gasteiger partial charge in [0.1, 0.15) is 0 Å². The zero-order chi connectivity index (χ0) is 11.6. The maximum atomic E-state index is 10.8. The van der Waals surface area contributed by atoms with Gasteiger partial charge in [0.15, 0.2) is 0 Å². The molecule has 1 saturated heterocycles. The van der Waals surface area contributed by atoms with Crippen LogP contribution in [0.2, 0.25) is 25.2 Å². The van der Waals surface area contributed by atoms with Gasteiger partial charge in [0.05, 0.1) is 6.04 Å². The Labute approximate surface area is 89.5 Å². The summed E-state index contributed by atoms with van der Waals surface area (Å²) in [5.41, 5.74) is 8.67. The second kappa shape index (κ2) is 4.12. The average molecular weight is 228 g/mol. The second-order valence-electron chi connectivity index (χ2n) is 4.93. The van der Waals surface area contributed by atoms with Crippen LogP contribution in [0.5, 0.6) is 0 Å². The summed E-state index contributed by atoms with van der Waals surface area (Å²) in [5.74, 6) is 0. The first-order valence-corrected chi connectivity index (χ1v) is 8.46. The third-order valence-electron chi connectivity index (χ3n) is 2.87. The van der Waals surface area contributed by atoms with E-state index in [1.165, 1.54) is 4.90 Å². The van der Waals surface area contributed by atoms with E-state index in [0.717, 1.165) is 0 Å². The van der Waals surface area contributed by atoms with Crippen LogP contribution in [0, 0.1) is 0 Å². The highest BCUT2D eigenvalue weighted by Gasteiger charge is 2.41. The normalized spacial score (nSPS) is 26.2. The van der Waals surface area contributed by atoms with Gasteiger partial charge in [0, 0.05) is 26.1 Å². The molecule has 1 N–H and O–H groups in total. The summed E-state index contributed by atoms with van der Waals surface area (Å²) in [6, 6.07) is -0.183. The van der Waals surface area contributed by atoms with Gasteiger partial charge in [0.25, 0.3) is 0 Å². The molecule has 0 saturated carbocycles. The highest BCUT2D eigenvalue weighted by atomic mass is 28.3. The second-order valence-corrected chi connectivity index (χ2v) is 10.4. The maximum Gasteiger partial charge on any atom is 0.407 e. The Morgan fingerprint density at radius 1 is 1.53 bits per heavy atom. The number of hydrogen-bond acceptors (Lipinski definition) is 2. The molecule has 0 aromatic carbocycles. The molecule has 7 heteroatoms. The van der Waals surface area contributed by atoms with Crippen LogP contribution in [0.25, 0.3) is 10.4 Å². The smallest absolute Gasteiger partial charge is 0.407 e. The Bertz CT molecular complexity index is 308. The molecule has 15 heavy (non-hydrogen) atoms. The van der Waals surface area contributed by atoms with Gasteiger partial charge in [-0.1, -0.05) is 24.8 Å². The number of amides is 1. The van der Waals surface area contributed by atoms with Crippen LogP contribution in [0.3, 0.4) is 0 Å². The Morgan fingerprint density at radius 3 is 2.53 bits per heavy atom. The van der Waals surface area contributed by atoms with Crippen molar-refractivity contribution in [2.75, 3.05) is 13.1 Å². The van der Waals surface area contributed by atoms with E-state index >= 15 is 0 Å². The van der Waals surface area contributed by atoms with Crippen LogP contribution in [0.1, 0.15) is 0 Å². The van der Waals surface area contributed by atoms with Crippen LogP contribution < -0.4 is 0 Å². The monoisotopic (exact) mass is 228 g/mol. The van der Waals surface area contributed by atoms with E-state index in [2.05, 4.69) is 29.7 Å². The number of carbonyl (C=O) groups is 1. The third-order valence-corrected chi connectivity index (χ3v) is 5.66. The lowest BCUT2D eigenvalue weighted by molar-refractivity contribution is 0.155. The molecular weight excluding hydrogens is 212 g/mol. The molecule has 0 spiro atoms. The molecule has 0 bridgehead atoms. The van der Waals surface area contributed by atoms with Crippen molar-refractivity contribution in [3.05, 3.63) is 10.4 Å². The molecular formula is C8H16N4O2Si. The maximum absolute atomic E-state index is 10.8. The molecule has 0 aromatic heterocycles. The summed E-state index contributed by atoms with van der Waals surface area (Å²) in [7, 11) is -1.48. The van der Waals surface area contributed by atoms with Gasteiger partial charge in [-0.25, -0.2) is 4.79 Å². The van der Waals surface area contributed by atoms with Crippen LogP contribution in [-0.2, 0) is 0 Å². The SMILES string of the molecule is C[Si](C)(C)[C@@H]1CN(C(=O)O)C[C@H]1N=[N+]=[N-]. The van der Waals surface area contributed by atoms with E-state index < -0.39 is 14.2 Å². The largest absolute Gasteiger partial charge is 0.465 e. The molecule has 1 aliphatic rings. The van der Waals surface area contributed by atoms with Crippen molar-refractivity contribution in [3.8, 4) is 0 Å². The van der Waals surface area contributed by atoms with Gasteiger partial charge in [-0.3, -0.25) is 0 Å². The fourth-order valence-electron chi connectivity index (χ4n) is 1.98. The van der Waals surface area contributed by atoms with Gasteiger partial charge < -0.3 is 10.0 Å². The molecule has 0 aliphatic carbocycles. The predicted molar refractivity (Wildman–Crippen MR) is 59.6 cm³/mol. The van der Waals surface area contributed by atoms with Crippen LogP contribution >= 0.6 is 0 Å². The zero-order valence-electron chi connectivity index (χ0n) is 9.21. The Hall–Kier alpha value is -1.20. The molecule has 84 valence electrons. The predicted octanol–water partition coefficient (Wildman–Crippen LogP) is 2.37. The van der Waals surface area contributed by atoms with Crippen molar-refractivity contribution < 1.29 is 9.90 Å². The van der Waals surface area contributed by atoms with Gasteiger partial charge >= 0.3 is 6.09 Å². The number of rotatable bonds is 2. The topological polar surface area (TPSA) is 89.3 Å². The van der Waals surface area contributed by atoms with Crippen molar-refractivity contribution >= 4 is 14.2 Å². The molecule has 6 nitrogen and oxygen atoms in total. The highest BCUT2D eigenvalue weighted by Crippen LogP contribution is 2.34. The van der Waals surface area contributed by atoms with Gasteiger partial charge in [-0.15, -0.1) is 0 Å². The molecule has 0 radical (unpaired) electrons. The van der Waals surface area contributed by atoms with E-state index in [4.69, 9.17) is 10.6 Å². The van der Waals surface area contributed by atoms with Crippen LogP contribution in [0.15, 0.2) is 5.11 Å². The average Bonchev–Trinajstić information content (AvgIpc) is 2.48. The first kappa shape index (κ1) is 11.9. The summed E-state index contributed by atoms with van der Waals surface area (Å²) >= 11 is 0. The van der Waals surface area contributed by atoms with Crippen LogP contribution in [-0.4, -0.2) is 43.3 Å². The van der Waals surface area contributed by atoms with Gasteiger partial charge in [0.2, 0.25) is 0 Å². The van der Waals surface area contributed by atoms with Crippen molar-refractivity contribution in [2.24, 2.45) is 5.11 Å². The standard InChI is InChI=1S/C8H16N4O2Si/c1-15(2,3)7-5-12(8(13)14)4-6(7)10-11-9/h6-7H,4-5H2,1-3H3,(H,13,14)/t6-,7-/m1/s1. The Kier molecular flexibility index (Phi) is 3.26. The molecule has 0 aromatic rings. The van der Waals surface area contributed by atoms with E-state index in [0.29, 0.717) is 13.1 Å². The number of carboxylic acid groups (broad SMARTS) is 1. The first-order valence-electron chi connectivity index (χ1n) is 4.88. The van der Waals surface area contributed by atoms with Gasteiger partial charge in [-0.2, -0.15) is 0 Å². The van der Waals surface area contributed by atoms with Crippen LogP contribution in [0.4, 0.5) is 4.79 Å². The number of nitrogens with zero attached hydrogens (tertiary/aromatic N) is 4. The molecule has 1 amide bonds. The van der Waals surface area contributed by atoms with Crippen molar-refractivity contribution in [3.63, 3.8) is 0 Å². The molecule has 1 fully saturated rings. The summed E-state index contributed by atoms with van der Waals surface area (Å²) in [4.78, 5) is 15.0. The minimum absolute atomic E-state index is 0.183. The fraction of sp³-hybridized carbons (Fsp3) is 0.875. The van der Waals surface area contributed by atoms with E-state index in [-0.39, 0.29) is 11.6 Å². The number of likely N-dealkylation sites (tertiary alicyclic amines) is 1. The molecule has 1 rings (SSSR count). The van der Waals surface area contributed by atoms with E-state index in [1.807, 2.05) is 0 Å². The summed E-state index contributed by atoms with van der Waals surface area (Å²) in [6.07, 6.45) is -0.922. The van der Waals surface area contributed by atoms with Crippen molar-refractivity contribution in [2.45, 2.75) is 31.2 Å². The molecule has 1 aliphatic heterocycles. The van der Waals surface area contributed by atoms with E-state index in [9.17, 15) is 4.79 Å². The molecule has 2 atom stereocenters. The quantitative estimate of drug-likeness (QED) is 0.340. The first-order chi connectivity index (χ1) is 6.86. The molecule has 1 heterocycles. The summed E-state index contributed by atoms with van der Waals surface area (Å²) in [6.45, 7) is 7.36. The number of azide groups is 1. The van der Waals surface area contributed by atoms with E-state index in [1.54, 1.807) is 0 Å². The highest BCUT2D eigenvalue weighted by molar-refractivity contribution is 6.77. The zero-order valence-corrected chi connectivity index (χ0v) is 10.2. The van der Waals surface area contributed by atoms with Crippen molar-refractivity contribution in [1.29, 1.82) is 0 Å². The lowest BCUT2D eigenvalue weighted by Gasteiger charge is -2.27. The van der Waals surface area contributed by atoms with Crippen molar-refractivity contribution in [1.82, 2.24) is 4.90 Å².